The van der Waals surface area contributed by atoms with Gasteiger partial charge in [0.15, 0.2) is 0 Å². The second kappa shape index (κ2) is 17.7. The Bertz CT molecular complexity index is 1160. The lowest BCUT2D eigenvalue weighted by atomic mass is 9.62. The van der Waals surface area contributed by atoms with Crippen molar-refractivity contribution in [3.05, 3.63) is 97.2 Å². The predicted octanol–water partition coefficient (Wildman–Crippen LogP) is 4.52. The molecule has 0 amide bonds. The smallest absolute Gasteiger partial charge is 0.321 e. The molecule has 0 radical (unpaired) electrons. The summed E-state index contributed by atoms with van der Waals surface area (Å²) in [5.74, 6) is -4.89. The molecule has 0 saturated heterocycles. The standard InChI is InChI=1S/C35H48O8/c1-10-18-32(19-11-2,28(36)37)34(22-14-5,23-15-6)30(40)42-26-27(9)43-31(41)35(24-16-7,25-17-8)33(20-12-3,21-13-4)29(38)39/h10-25,27H,26H2,1-9H3,(H,36,37)(H,38,39)/p-2. The molecule has 8 nitrogen and oxygen atoms in total. The van der Waals surface area contributed by atoms with Crippen molar-refractivity contribution in [3.63, 3.8) is 0 Å². The van der Waals surface area contributed by atoms with E-state index in [0.717, 1.165) is 0 Å². The molecule has 0 aromatic rings. The van der Waals surface area contributed by atoms with Crippen LogP contribution in [0.4, 0.5) is 0 Å². The van der Waals surface area contributed by atoms with Crippen LogP contribution in [-0.4, -0.2) is 36.6 Å². The van der Waals surface area contributed by atoms with Gasteiger partial charge in [-0.3, -0.25) is 9.59 Å². The first-order valence-electron chi connectivity index (χ1n) is 14.2. The maximum absolute atomic E-state index is 13.9. The van der Waals surface area contributed by atoms with E-state index >= 15 is 0 Å². The molecular weight excluding hydrogens is 548 g/mol. The van der Waals surface area contributed by atoms with E-state index in [1.807, 2.05) is 0 Å². The third kappa shape index (κ3) is 7.80. The molecule has 0 fully saturated rings. The normalized spacial score (nSPS) is 19.4. The lowest BCUT2D eigenvalue weighted by molar-refractivity contribution is -0.318. The molecule has 0 aromatic heterocycles. The Kier molecular flexibility index (Phi) is 16.0. The summed E-state index contributed by atoms with van der Waals surface area (Å²) in [4.78, 5) is 53.0. The second-order valence-electron chi connectivity index (χ2n) is 9.87. The molecule has 0 heterocycles. The molecular formula is C35H46O8-2. The number of esters is 2. The van der Waals surface area contributed by atoms with E-state index in [1.54, 1.807) is 79.7 Å². The van der Waals surface area contributed by atoms with Crippen molar-refractivity contribution in [1.82, 2.24) is 0 Å². The van der Waals surface area contributed by atoms with E-state index in [0.29, 0.717) is 0 Å². The average molecular weight is 595 g/mol. The lowest BCUT2D eigenvalue weighted by Gasteiger charge is -2.44. The highest BCUT2D eigenvalue weighted by atomic mass is 16.6. The number of hydrogen-bond acceptors (Lipinski definition) is 8. The minimum Gasteiger partial charge on any atom is -0.549 e. The van der Waals surface area contributed by atoms with Gasteiger partial charge in [0, 0.05) is 0 Å². The third-order valence-electron chi connectivity index (χ3n) is 6.91. The highest BCUT2D eigenvalue weighted by Crippen LogP contribution is 2.48. The van der Waals surface area contributed by atoms with Crippen molar-refractivity contribution in [3.8, 4) is 0 Å². The number of ether oxygens (including phenoxy) is 2. The van der Waals surface area contributed by atoms with Gasteiger partial charge in [-0.2, -0.15) is 0 Å². The molecule has 0 aliphatic carbocycles. The van der Waals surface area contributed by atoms with E-state index in [-0.39, 0.29) is 0 Å². The highest BCUT2D eigenvalue weighted by Gasteiger charge is 2.54. The van der Waals surface area contributed by atoms with Gasteiger partial charge in [-0.15, -0.1) is 0 Å². The molecule has 0 N–H and O–H groups in total. The monoisotopic (exact) mass is 594 g/mol. The van der Waals surface area contributed by atoms with E-state index in [2.05, 4.69) is 0 Å². The van der Waals surface area contributed by atoms with Crippen molar-refractivity contribution >= 4 is 23.9 Å². The number of hydrogen-bond donors (Lipinski definition) is 0. The fourth-order valence-electron chi connectivity index (χ4n) is 5.28. The van der Waals surface area contributed by atoms with Crippen LogP contribution in [0.3, 0.4) is 0 Å². The number of allylic oxidation sites excluding steroid dienone is 8. The molecule has 0 saturated carbocycles. The number of carbonyl (C=O) groups excluding carboxylic acids is 4. The number of aliphatic carboxylic acids is 2. The van der Waals surface area contributed by atoms with Crippen LogP contribution < -0.4 is 10.2 Å². The van der Waals surface area contributed by atoms with E-state index in [1.165, 1.54) is 79.8 Å². The van der Waals surface area contributed by atoms with Gasteiger partial charge in [0.05, 0.1) is 22.8 Å². The van der Waals surface area contributed by atoms with Crippen LogP contribution in [0.5, 0.6) is 0 Å². The maximum Gasteiger partial charge on any atom is 0.321 e. The van der Waals surface area contributed by atoms with Gasteiger partial charge in [-0.25, -0.2) is 0 Å². The molecule has 8 heteroatoms. The molecule has 43 heavy (non-hydrogen) atoms. The van der Waals surface area contributed by atoms with Crippen LogP contribution in [0.15, 0.2) is 97.2 Å². The molecule has 1 unspecified atom stereocenters. The van der Waals surface area contributed by atoms with Crippen molar-refractivity contribution in [1.29, 1.82) is 0 Å². The Labute approximate surface area is 256 Å². The summed E-state index contributed by atoms with van der Waals surface area (Å²) in [6.45, 7) is 14.1. The Balaban J connectivity index is 6.85. The zero-order chi connectivity index (χ0) is 33.3. The second-order valence-corrected chi connectivity index (χ2v) is 9.87. The number of carbonyl (C=O) groups is 4. The van der Waals surface area contributed by atoms with Gasteiger partial charge in [0.2, 0.25) is 0 Å². The first-order valence-corrected chi connectivity index (χ1v) is 14.2. The van der Waals surface area contributed by atoms with Gasteiger partial charge in [-0.05, 0) is 62.3 Å². The Morgan fingerprint density at radius 2 is 0.767 bits per heavy atom. The van der Waals surface area contributed by atoms with Crippen LogP contribution in [-0.2, 0) is 28.7 Å². The third-order valence-corrected chi connectivity index (χ3v) is 6.91. The molecule has 0 aliphatic heterocycles. The van der Waals surface area contributed by atoms with Gasteiger partial charge < -0.3 is 29.3 Å². The summed E-state index contributed by atoms with van der Waals surface area (Å²) in [6.07, 6.45) is 22.3. The summed E-state index contributed by atoms with van der Waals surface area (Å²) in [7, 11) is 0. The highest BCUT2D eigenvalue weighted by molar-refractivity contribution is 5.94. The molecule has 1 atom stereocenters. The topological polar surface area (TPSA) is 133 Å². The fraction of sp³-hybridized carbons (Fsp3) is 0.429. The lowest BCUT2D eigenvalue weighted by Crippen LogP contribution is -2.55. The van der Waals surface area contributed by atoms with Gasteiger partial charge >= 0.3 is 11.9 Å². The number of carboxylic acids is 2. The summed E-state index contributed by atoms with van der Waals surface area (Å²) in [6, 6.07) is 0. The van der Waals surface area contributed by atoms with Crippen LogP contribution >= 0.6 is 0 Å². The molecule has 0 bridgehead atoms. The maximum atomic E-state index is 13.9. The Morgan fingerprint density at radius 3 is 1.02 bits per heavy atom. The molecule has 0 aliphatic rings. The van der Waals surface area contributed by atoms with Gasteiger partial charge in [-0.1, -0.05) is 97.2 Å². The molecule has 0 aromatic carbocycles. The first-order chi connectivity index (χ1) is 20.3. The molecule has 0 spiro atoms. The number of rotatable bonds is 17. The van der Waals surface area contributed by atoms with Crippen molar-refractivity contribution in [2.45, 2.75) is 68.4 Å². The fourth-order valence-corrected chi connectivity index (χ4v) is 5.28. The van der Waals surface area contributed by atoms with Crippen LogP contribution in [0.1, 0.15) is 62.3 Å². The van der Waals surface area contributed by atoms with Crippen LogP contribution in [0.25, 0.3) is 0 Å². The Morgan fingerprint density at radius 1 is 0.512 bits per heavy atom. The van der Waals surface area contributed by atoms with Crippen molar-refractivity contribution in [2.75, 3.05) is 6.61 Å². The van der Waals surface area contributed by atoms with E-state index in [4.69, 9.17) is 9.47 Å². The quantitative estimate of drug-likeness (QED) is 0.177. The van der Waals surface area contributed by atoms with Crippen molar-refractivity contribution in [2.24, 2.45) is 21.7 Å². The molecule has 0 rings (SSSR count). The number of carboxylic acid groups (broad SMARTS) is 2. The summed E-state index contributed by atoms with van der Waals surface area (Å²) >= 11 is 0. The Hall–Kier alpha value is -4.20. The first kappa shape index (κ1) is 38.8. The predicted molar refractivity (Wildman–Crippen MR) is 165 cm³/mol. The average Bonchev–Trinajstić information content (AvgIpc) is 2.94. The minimum absolute atomic E-state index is 0.455. The molecule has 236 valence electrons. The van der Waals surface area contributed by atoms with Crippen LogP contribution in [0.2, 0.25) is 0 Å². The zero-order valence-electron chi connectivity index (χ0n) is 26.8. The zero-order valence-corrected chi connectivity index (χ0v) is 26.8. The summed E-state index contributed by atoms with van der Waals surface area (Å²) in [5.41, 5.74) is -7.58. The van der Waals surface area contributed by atoms with Crippen LogP contribution in [0, 0.1) is 21.7 Å². The summed E-state index contributed by atoms with van der Waals surface area (Å²) in [5, 5.41) is 25.3. The SMILES string of the molecule is CC=CC(C=CC)(C(=O)[O-])C(C=CC)(C=CC)C(=O)OCC(C)OC(=O)C(C=CC)(C=CC)C(C=CC)(C=CC)C(=O)[O-]. The largest absolute Gasteiger partial charge is 0.549 e. The minimum atomic E-state index is -1.94. The van der Waals surface area contributed by atoms with Crippen molar-refractivity contribution < 1.29 is 38.9 Å². The van der Waals surface area contributed by atoms with Gasteiger partial charge in [0.1, 0.15) is 23.5 Å². The van der Waals surface area contributed by atoms with E-state index in [9.17, 15) is 29.4 Å². The van der Waals surface area contributed by atoms with Gasteiger partial charge in [0.25, 0.3) is 0 Å². The van der Waals surface area contributed by atoms with E-state index < -0.39 is 58.2 Å². The summed E-state index contributed by atoms with van der Waals surface area (Å²) < 4.78 is 11.3.